The number of amides is 1. The van der Waals surface area contributed by atoms with Crippen molar-refractivity contribution in [1.82, 2.24) is 9.80 Å². The molecule has 5 nitrogen and oxygen atoms in total. The van der Waals surface area contributed by atoms with Crippen molar-refractivity contribution < 1.29 is 9.53 Å². The van der Waals surface area contributed by atoms with Gasteiger partial charge in [0.25, 0.3) is 0 Å². The maximum atomic E-state index is 11.7. The van der Waals surface area contributed by atoms with Gasteiger partial charge in [0.2, 0.25) is 5.91 Å². The first-order valence-electron chi connectivity index (χ1n) is 7.59. The molecule has 3 rings (SSSR count). The Morgan fingerprint density at radius 1 is 1.38 bits per heavy atom. The van der Waals surface area contributed by atoms with Gasteiger partial charge < -0.3 is 15.4 Å². The molecule has 5 heteroatoms. The second kappa shape index (κ2) is 6.03. The number of rotatable bonds is 4. The van der Waals surface area contributed by atoms with Crippen molar-refractivity contribution in [1.29, 1.82) is 0 Å². The quantitative estimate of drug-likeness (QED) is 0.897. The summed E-state index contributed by atoms with van der Waals surface area (Å²) in [5.41, 5.74) is 7.98. The Morgan fingerprint density at radius 3 is 3.00 bits per heavy atom. The lowest BCUT2D eigenvalue weighted by Crippen LogP contribution is -2.50. The summed E-state index contributed by atoms with van der Waals surface area (Å²) in [7, 11) is 1.68. The lowest BCUT2D eigenvalue weighted by Gasteiger charge is -2.37. The van der Waals surface area contributed by atoms with Gasteiger partial charge in [-0.3, -0.25) is 9.69 Å². The zero-order chi connectivity index (χ0) is 14.8. The second-order valence-electron chi connectivity index (χ2n) is 5.87. The third-order valence-corrected chi connectivity index (χ3v) is 4.56. The predicted molar refractivity (Wildman–Crippen MR) is 80.9 cm³/mol. The first-order chi connectivity index (χ1) is 10.2. The fourth-order valence-corrected chi connectivity index (χ4v) is 3.39. The summed E-state index contributed by atoms with van der Waals surface area (Å²) in [6.07, 6.45) is 1.72. The first-order valence-corrected chi connectivity index (χ1v) is 7.59. The van der Waals surface area contributed by atoms with Crippen LogP contribution in [0.3, 0.4) is 0 Å². The van der Waals surface area contributed by atoms with Gasteiger partial charge in [-0.1, -0.05) is 12.1 Å². The Kier molecular flexibility index (Phi) is 4.12. The van der Waals surface area contributed by atoms with Gasteiger partial charge in [0.15, 0.2) is 0 Å². The summed E-state index contributed by atoms with van der Waals surface area (Å²) in [5.74, 6) is 1.19. The van der Waals surface area contributed by atoms with Crippen molar-refractivity contribution in [2.75, 3.05) is 26.7 Å². The number of hydrogen-bond donors (Lipinski definition) is 1. The summed E-state index contributed by atoms with van der Waals surface area (Å²) >= 11 is 0. The van der Waals surface area contributed by atoms with E-state index in [9.17, 15) is 4.79 Å². The number of hydrogen-bond acceptors (Lipinski definition) is 4. The highest BCUT2D eigenvalue weighted by atomic mass is 16.5. The molecule has 0 aromatic heterocycles. The Labute approximate surface area is 125 Å². The highest BCUT2D eigenvalue weighted by Crippen LogP contribution is 2.25. The van der Waals surface area contributed by atoms with Gasteiger partial charge in [-0.25, -0.2) is 0 Å². The molecule has 1 unspecified atom stereocenters. The van der Waals surface area contributed by atoms with E-state index in [0.29, 0.717) is 18.5 Å². The van der Waals surface area contributed by atoms with Gasteiger partial charge in [0.1, 0.15) is 5.75 Å². The monoisotopic (exact) mass is 289 g/mol. The molecule has 2 saturated heterocycles. The van der Waals surface area contributed by atoms with E-state index in [1.54, 1.807) is 7.11 Å². The molecule has 2 aliphatic heterocycles. The molecule has 114 valence electrons. The van der Waals surface area contributed by atoms with Crippen LogP contribution < -0.4 is 10.5 Å². The van der Waals surface area contributed by atoms with E-state index in [4.69, 9.17) is 10.5 Å². The molecular formula is C16H23N3O2. The SMILES string of the molecule is COc1cc(CN2CCN3C(=O)CCC3C2)ccc1CN. The molecular weight excluding hydrogens is 266 g/mol. The number of fused-ring (bicyclic) bond motifs is 1. The maximum absolute atomic E-state index is 11.7. The van der Waals surface area contributed by atoms with Crippen LogP contribution in [0.2, 0.25) is 0 Å². The fourth-order valence-electron chi connectivity index (χ4n) is 3.39. The van der Waals surface area contributed by atoms with Gasteiger partial charge >= 0.3 is 0 Å². The zero-order valence-electron chi connectivity index (χ0n) is 12.5. The highest BCUT2D eigenvalue weighted by molar-refractivity contribution is 5.78. The van der Waals surface area contributed by atoms with Crippen LogP contribution in [0, 0.1) is 0 Å². The lowest BCUT2D eigenvalue weighted by molar-refractivity contribution is -0.130. The normalized spacial score (nSPS) is 22.5. The number of nitrogens with zero attached hydrogens (tertiary/aromatic N) is 2. The molecule has 1 atom stereocenters. The average Bonchev–Trinajstić information content (AvgIpc) is 2.88. The van der Waals surface area contributed by atoms with Crippen molar-refractivity contribution in [2.45, 2.75) is 32.0 Å². The summed E-state index contributed by atoms with van der Waals surface area (Å²) in [4.78, 5) is 16.2. The molecule has 2 fully saturated rings. The zero-order valence-corrected chi connectivity index (χ0v) is 12.5. The van der Waals surface area contributed by atoms with Crippen molar-refractivity contribution in [2.24, 2.45) is 5.73 Å². The van der Waals surface area contributed by atoms with Crippen molar-refractivity contribution in [3.8, 4) is 5.75 Å². The first kappa shape index (κ1) is 14.4. The van der Waals surface area contributed by atoms with Gasteiger partial charge in [0.05, 0.1) is 7.11 Å². The van der Waals surface area contributed by atoms with E-state index in [2.05, 4.69) is 21.9 Å². The molecule has 2 aliphatic rings. The molecule has 2 N–H and O–H groups in total. The number of ether oxygens (including phenoxy) is 1. The Hall–Kier alpha value is -1.59. The number of benzene rings is 1. The molecule has 0 radical (unpaired) electrons. The van der Waals surface area contributed by atoms with Gasteiger partial charge in [-0.2, -0.15) is 0 Å². The summed E-state index contributed by atoms with van der Waals surface area (Å²) in [6, 6.07) is 6.66. The fraction of sp³-hybridized carbons (Fsp3) is 0.562. The molecule has 1 aromatic carbocycles. The van der Waals surface area contributed by atoms with Crippen LogP contribution in [0.1, 0.15) is 24.0 Å². The second-order valence-corrected chi connectivity index (χ2v) is 5.87. The van der Waals surface area contributed by atoms with Crippen LogP contribution in [-0.4, -0.2) is 48.5 Å². The molecule has 1 aromatic rings. The minimum atomic E-state index is 0.327. The summed E-state index contributed by atoms with van der Waals surface area (Å²) in [5, 5.41) is 0. The number of nitrogens with two attached hydrogens (primary N) is 1. The predicted octanol–water partition coefficient (Wildman–Crippen LogP) is 0.960. The Bertz CT molecular complexity index is 532. The van der Waals surface area contributed by atoms with Crippen molar-refractivity contribution >= 4 is 5.91 Å². The number of carbonyl (C=O) groups excluding carboxylic acids is 1. The van der Waals surface area contributed by atoms with Crippen LogP contribution >= 0.6 is 0 Å². The number of piperazine rings is 1. The van der Waals surface area contributed by atoms with Crippen molar-refractivity contribution in [3.05, 3.63) is 29.3 Å². The average molecular weight is 289 g/mol. The van der Waals surface area contributed by atoms with Crippen LogP contribution in [0.25, 0.3) is 0 Å². The Balaban J connectivity index is 1.66. The molecule has 21 heavy (non-hydrogen) atoms. The molecule has 2 heterocycles. The van der Waals surface area contributed by atoms with Gasteiger partial charge in [-0.05, 0) is 18.1 Å². The van der Waals surface area contributed by atoms with Crippen molar-refractivity contribution in [3.63, 3.8) is 0 Å². The number of carbonyl (C=O) groups is 1. The van der Waals surface area contributed by atoms with Crippen LogP contribution in [0.4, 0.5) is 0 Å². The number of methoxy groups -OCH3 is 1. The topological polar surface area (TPSA) is 58.8 Å². The van der Waals surface area contributed by atoms with E-state index >= 15 is 0 Å². The van der Waals surface area contributed by atoms with Crippen LogP contribution in [-0.2, 0) is 17.9 Å². The van der Waals surface area contributed by atoms with E-state index < -0.39 is 0 Å². The summed E-state index contributed by atoms with van der Waals surface area (Å²) < 4.78 is 5.40. The van der Waals surface area contributed by atoms with Crippen LogP contribution in [0.15, 0.2) is 18.2 Å². The molecule has 0 saturated carbocycles. The third kappa shape index (κ3) is 2.89. The molecule has 0 bridgehead atoms. The third-order valence-electron chi connectivity index (χ3n) is 4.56. The minimum Gasteiger partial charge on any atom is -0.496 e. The van der Waals surface area contributed by atoms with E-state index in [1.165, 1.54) is 5.56 Å². The lowest BCUT2D eigenvalue weighted by atomic mass is 10.1. The summed E-state index contributed by atoms with van der Waals surface area (Å²) in [6.45, 7) is 4.18. The Morgan fingerprint density at radius 2 is 2.24 bits per heavy atom. The molecule has 0 aliphatic carbocycles. The highest BCUT2D eigenvalue weighted by Gasteiger charge is 2.35. The van der Waals surface area contributed by atoms with E-state index in [1.807, 2.05) is 6.07 Å². The van der Waals surface area contributed by atoms with Gasteiger partial charge in [0, 0.05) is 50.7 Å². The van der Waals surface area contributed by atoms with E-state index in [0.717, 1.165) is 50.3 Å². The van der Waals surface area contributed by atoms with Gasteiger partial charge in [-0.15, -0.1) is 0 Å². The largest absolute Gasteiger partial charge is 0.496 e. The standard InChI is InChI=1S/C16H23N3O2/c1-21-15-8-12(2-3-13(15)9-17)10-18-6-7-19-14(11-18)4-5-16(19)20/h2-3,8,14H,4-7,9-11,17H2,1H3. The molecule has 1 amide bonds. The van der Waals surface area contributed by atoms with Crippen LogP contribution in [0.5, 0.6) is 5.75 Å². The van der Waals surface area contributed by atoms with E-state index in [-0.39, 0.29) is 0 Å². The molecule has 0 spiro atoms. The smallest absolute Gasteiger partial charge is 0.222 e. The maximum Gasteiger partial charge on any atom is 0.222 e. The minimum absolute atomic E-state index is 0.327.